The number of hydrogen-bond acceptors (Lipinski definition) is 5. The minimum absolute atomic E-state index is 0.0970. The van der Waals surface area contributed by atoms with Gasteiger partial charge in [-0.05, 0) is 55.1 Å². The number of nitrogens with zero attached hydrogens (tertiary/aromatic N) is 2. The Hall–Kier alpha value is -3.25. The molecule has 3 aromatic rings. The summed E-state index contributed by atoms with van der Waals surface area (Å²) in [6, 6.07) is 19.3. The van der Waals surface area contributed by atoms with Gasteiger partial charge in [0.05, 0.1) is 17.7 Å². The van der Waals surface area contributed by atoms with E-state index >= 15 is 0 Å². The van der Waals surface area contributed by atoms with Gasteiger partial charge in [-0.15, -0.1) is 0 Å². The monoisotopic (exact) mass is 404 g/mol. The fourth-order valence-corrected chi connectivity index (χ4v) is 3.84. The number of hydrogen-bond donors (Lipinski definition) is 0. The number of likely N-dealkylation sites (N-methyl/N-ethyl adjacent to an activating group) is 1. The van der Waals surface area contributed by atoms with E-state index in [2.05, 4.69) is 4.99 Å². The first-order chi connectivity index (χ1) is 14.0. The summed E-state index contributed by atoms with van der Waals surface area (Å²) in [6.45, 7) is 2.03. The topological polar surface area (TPSA) is 55.0 Å². The largest absolute Gasteiger partial charge is 0.497 e. The summed E-state index contributed by atoms with van der Waals surface area (Å²) in [6.07, 6.45) is 1.75. The minimum Gasteiger partial charge on any atom is -0.497 e. The average Bonchev–Trinajstić information content (AvgIpc) is 3.31. The van der Waals surface area contributed by atoms with Crippen LogP contribution in [0.1, 0.15) is 11.3 Å². The van der Waals surface area contributed by atoms with Crippen LogP contribution in [-0.4, -0.2) is 30.1 Å². The minimum atomic E-state index is -0.0970. The van der Waals surface area contributed by atoms with E-state index in [0.717, 1.165) is 17.0 Å². The fraction of sp³-hybridized carbons (Fsp3) is 0.130. The lowest BCUT2D eigenvalue weighted by Crippen LogP contribution is -2.23. The van der Waals surface area contributed by atoms with Crippen LogP contribution in [-0.2, 0) is 4.79 Å². The zero-order valence-corrected chi connectivity index (χ0v) is 17.2. The van der Waals surface area contributed by atoms with E-state index in [1.807, 2.05) is 67.6 Å². The predicted molar refractivity (Wildman–Crippen MR) is 117 cm³/mol. The van der Waals surface area contributed by atoms with Gasteiger partial charge in [0.15, 0.2) is 5.17 Å². The molecule has 2 heterocycles. The van der Waals surface area contributed by atoms with E-state index in [-0.39, 0.29) is 5.91 Å². The van der Waals surface area contributed by atoms with Crippen molar-refractivity contribution >= 4 is 34.6 Å². The second-order valence-electron chi connectivity index (χ2n) is 6.64. The van der Waals surface area contributed by atoms with Gasteiger partial charge in [0.1, 0.15) is 17.3 Å². The van der Waals surface area contributed by atoms with Gasteiger partial charge < -0.3 is 9.15 Å². The van der Waals surface area contributed by atoms with E-state index in [4.69, 9.17) is 9.15 Å². The van der Waals surface area contributed by atoms with Gasteiger partial charge in [-0.3, -0.25) is 9.69 Å². The Morgan fingerprint density at radius 1 is 1.10 bits per heavy atom. The molecule has 1 aliphatic rings. The maximum atomic E-state index is 12.6. The van der Waals surface area contributed by atoms with Crippen LogP contribution in [0.2, 0.25) is 0 Å². The van der Waals surface area contributed by atoms with E-state index in [9.17, 15) is 4.79 Å². The molecule has 29 heavy (non-hydrogen) atoms. The molecular formula is C23H20N2O3S. The first-order valence-electron chi connectivity index (χ1n) is 9.11. The van der Waals surface area contributed by atoms with E-state index in [1.54, 1.807) is 25.1 Å². The van der Waals surface area contributed by atoms with Gasteiger partial charge >= 0.3 is 0 Å². The Balaban J connectivity index is 1.58. The molecular weight excluding hydrogens is 384 g/mol. The Labute approximate surface area is 173 Å². The molecule has 1 fully saturated rings. The van der Waals surface area contributed by atoms with Crippen LogP contribution in [0.3, 0.4) is 0 Å². The highest BCUT2D eigenvalue weighted by Crippen LogP contribution is 2.34. The van der Waals surface area contributed by atoms with Crippen LogP contribution in [0.5, 0.6) is 5.75 Å². The molecule has 5 nitrogen and oxygen atoms in total. The molecule has 1 saturated heterocycles. The number of methoxy groups -OCH3 is 1. The third-order valence-corrected chi connectivity index (χ3v) is 5.58. The highest BCUT2D eigenvalue weighted by atomic mass is 32.2. The number of rotatable bonds is 4. The highest BCUT2D eigenvalue weighted by molar-refractivity contribution is 8.18. The number of amides is 1. The van der Waals surface area contributed by atoms with Crippen molar-refractivity contribution in [3.63, 3.8) is 0 Å². The van der Waals surface area contributed by atoms with Crippen molar-refractivity contribution in [2.45, 2.75) is 6.92 Å². The number of carbonyl (C=O) groups excluding carboxylic acids is 1. The van der Waals surface area contributed by atoms with Crippen LogP contribution in [0.25, 0.3) is 17.4 Å². The second kappa shape index (κ2) is 8.01. The molecule has 1 aromatic heterocycles. The molecule has 0 N–H and O–H groups in total. The van der Waals surface area contributed by atoms with Gasteiger partial charge in [-0.25, -0.2) is 4.99 Å². The number of benzene rings is 2. The molecule has 2 aromatic carbocycles. The number of carbonyl (C=O) groups is 1. The molecule has 0 bridgehead atoms. The molecule has 1 aliphatic heterocycles. The first kappa shape index (κ1) is 19.1. The fourth-order valence-electron chi connectivity index (χ4n) is 2.87. The number of thioether (sulfide) groups is 1. The lowest BCUT2D eigenvalue weighted by atomic mass is 10.2. The molecule has 0 atom stereocenters. The van der Waals surface area contributed by atoms with E-state index in [0.29, 0.717) is 21.6 Å². The Bertz CT molecular complexity index is 1110. The van der Waals surface area contributed by atoms with E-state index in [1.165, 1.54) is 17.3 Å². The van der Waals surface area contributed by atoms with Crippen molar-refractivity contribution in [2.75, 3.05) is 14.2 Å². The van der Waals surface area contributed by atoms with Crippen LogP contribution in [0.4, 0.5) is 5.69 Å². The number of ether oxygens (including phenoxy) is 1. The van der Waals surface area contributed by atoms with Crippen LogP contribution < -0.4 is 4.74 Å². The third kappa shape index (κ3) is 4.12. The van der Waals surface area contributed by atoms with Crippen molar-refractivity contribution < 1.29 is 13.9 Å². The average molecular weight is 404 g/mol. The van der Waals surface area contributed by atoms with Crippen LogP contribution >= 0.6 is 11.8 Å². The summed E-state index contributed by atoms with van der Waals surface area (Å²) in [7, 11) is 3.36. The number of aryl methyl sites for hydroxylation is 1. The smallest absolute Gasteiger partial charge is 0.266 e. The van der Waals surface area contributed by atoms with Gasteiger partial charge in [0, 0.05) is 18.7 Å². The zero-order chi connectivity index (χ0) is 20.4. The van der Waals surface area contributed by atoms with Gasteiger partial charge in [-0.1, -0.05) is 29.8 Å². The zero-order valence-electron chi connectivity index (χ0n) is 16.4. The number of amidine groups is 1. The van der Waals surface area contributed by atoms with Crippen molar-refractivity contribution in [1.29, 1.82) is 0 Å². The molecule has 4 rings (SSSR count). The lowest BCUT2D eigenvalue weighted by Gasteiger charge is -2.07. The van der Waals surface area contributed by atoms with Crippen LogP contribution in [0.15, 0.2) is 75.0 Å². The Morgan fingerprint density at radius 2 is 1.90 bits per heavy atom. The maximum Gasteiger partial charge on any atom is 0.266 e. The second-order valence-corrected chi connectivity index (χ2v) is 7.65. The normalized spacial score (nSPS) is 16.8. The summed E-state index contributed by atoms with van der Waals surface area (Å²) < 4.78 is 11.2. The van der Waals surface area contributed by atoms with Crippen LogP contribution in [0, 0.1) is 6.92 Å². The van der Waals surface area contributed by atoms with Crippen molar-refractivity contribution in [3.8, 4) is 17.1 Å². The summed E-state index contributed by atoms with van der Waals surface area (Å²) in [5, 5.41) is 0.643. The quantitative estimate of drug-likeness (QED) is 0.539. The Morgan fingerprint density at radius 3 is 2.66 bits per heavy atom. The van der Waals surface area contributed by atoms with Crippen molar-refractivity contribution in [2.24, 2.45) is 4.99 Å². The number of aliphatic imine (C=N–C) groups is 1. The molecule has 0 saturated carbocycles. The molecule has 0 radical (unpaired) electrons. The Kier molecular flexibility index (Phi) is 5.27. The molecule has 0 spiro atoms. The van der Waals surface area contributed by atoms with Gasteiger partial charge in [-0.2, -0.15) is 0 Å². The third-order valence-electron chi connectivity index (χ3n) is 4.52. The molecule has 1 amide bonds. The van der Waals surface area contributed by atoms with Crippen molar-refractivity contribution in [3.05, 3.63) is 76.9 Å². The summed E-state index contributed by atoms with van der Waals surface area (Å²) in [4.78, 5) is 19.3. The first-order valence-corrected chi connectivity index (χ1v) is 9.92. The molecule has 0 aliphatic carbocycles. The van der Waals surface area contributed by atoms with Crippen molar-refractivity contribution in [1.82, 2.24) is 4.90 Å². The summed E-state index contributed by atoms with van der Waals surface area (Å²) in [5.41, 5.74) is 2.90. The summed E-state index contributed by atoms with van der Waals surface area (Å²) in [5.74, 6) is 2.00. The van der Waals surface area contributed by atoms with Gasteiger partial charge in [0.25, 0.3) is 5.91 Å². The standard InChI is InChI=1S/C23H20N2O3S/c1-15-7-9-17(10-8-15)24-23-25(2)22(26)21(29-23)14-19-11-12-20(28-19)16-5-4-6-18(13-16)27-3/h4-14H,1-3H3/b21-14-,24-23?. The molecule has 146 valence electrons. The lowest BCUT2D eigenvalue weighted by molar-refractivity contribution is -0.121. The molecule has 6 heteroatoms. The molecule has 0 unspecified atom stereocenters. The SMILES string of the molecule is COc1cccc(-c2ccc(/C=C3\SC(=Nc4ccc(C)cc4)N(C)C3=O)o2)c1. The number of furan rings is 1. The van der Waals surface area contributed by atoms with E-state index < -0.39 is 0 Å². The van der Waals surface area contributed by atoms with Gasteiger partial charge in [0.2, 0.25) is 0 Å². The highest BCUT2D eigenvalue weighted by Gasteiger charge is 2.30. The maximum absolute atomic E-state index is 12.6. The predicted octanol–water partition coefficient (Wildman–Crippen LogP) is 5.50. The summed E-state index contributed by atoms with van der Waals surface area (Å²) >= 11 is 1.34.